The molecule has 0 bridgehead atoms. The van der Waals surface area contributed by atoms with E-state index in [0.717, 1.165) is 6.07 Å². The van der Waals surface area contributed by atoms with Crippen LogP contribution in [0.4, 0.5) is 11.4 Å². The minimum Gasteiger partial charge on any atom is -0.482 e. The van der Waals surface area contributed by atoms with Gasteiger partial charge >= 0.3 is 5.97 Å². The molecule has 2 aromatic rings. The van der Waals surface area contributed by atoms with Crippen LogP contribution in [0, 0.1) is 10.1 Å². The van der Waals surface area contributed by atoms with Crippen molar-refractivity contribution in [3.05, 3.63) is 64.2 Å². The standard InChI is InChI=1S/C21H23N3O7S/c1-30-19(25)13-31-17-8-6-15(7-9-17)22-21(27)18(10-11-32-2)23-20(26)14-4-3-5-16(12-14)24(28)29/h3-9,12,18H,10-11,13H2,1-2H3,(H,22,27)(H,23,26). The number of anilines is 1. The van der Waals surface area contributed by atoms with Gasteiger partial charge in [-0.05, 0) is 48.8 Å². The molecule has 0 aliphatic rings. The third-order valence-corrected chi connectivity index (χ3v) is 4.90. The van der Waals surface area contributed by atoms with Gasteiger partial charge in [0, 0.05) is 23.4 Å². The lowest BCUT2D eigenvalue weighted by Crippen LogP contribution is -2.44. The number of benzene rings is 2. The fourth-order valence-corrected chi connectivity index (χ4v) is 3.04. The Morgan fingerprint density at radius 1 is 1.16 bits per heavy atom. The number of non-ortho nitro benzene ring substituents is 1. The number of esters is 1. The highest BCUT2D eigenvalue weighted by Crippen LogP contribution is 2.17. The average molecular weight is 461 g/mol. The van der Waals surface area contributed by atoms with Crippen molar-refractivity contribution in [3.63, 3.8) is 0 Å². The first-order chi connectivity index (χ1) is 15.3. The zero-order valence-electron chi connectivity index (χ0n) is 17.5. The minimum absolute atomic E-state index is 0.0910. The predicted octanol–water partition coefficient (Wildman–Crippen LogP) is 2.64. The zero-order valence-corrected chi connectivity index (χ0v) is 18.3. The van der Waals surface area contributed by atoms with Crippen molar-refractivity contribution in [2.75, 3.05) is 31.0 Å². The highest BCUT2D eigenvalue weighted by Gasteiger charge is 2.22. The number of nitrogens with zero attached hydrogens (tertiary/aromatic N) is 1. The molecule has 1 atom stereocenters. The van der Waals surface area contributed by atoms with E-state index in [9.17, 15) is 24.5 Å². The quantitative estimate of drug-likeness (QED) is 0.296. The number of carbonyl (C=O) groups excluding carboxylic acids is 3. The molecule has 0 aliphatic carbocycles. The van der Waals surface area contributed by atoms with E-state index in [-0.39, 0.29) is 17.9 Å². The normalized spacial score (nSPS) is 11.2. The lowest BCUT2D eigenvalue weighted by atomic mass is 10.1. The van der Waals surface area contributed by atoms with E-state index in [0.29, 0.717) is 23.6 Å². The van der Waals surface area contributed by atoms with Crippen molar-refractivity contribution >= 4 is 40.9 Å². The van der Waals surface area contributed by atoms with Crippen molar-refractivity contribution in [2.45, 2.75) is 12.5 Å². The summed E-state index contributed by atoms with van der Waals surface area (Å²) in [4.78, 5) is 46.8. The summed E-state index contributed by atoms with van der Waals surface area (Å²) in [6, 6.07) is 10.8. The van der Waals surface area contributed by atoms with Crippen LogP contribution in [0.15, 0.2) is 48.5 Å². The number of nitrogens with one attached hydrogen (secondary N) is 2. The van der Waals surface area contributed by atoms with E-state index in [1.54, 1.807) is 24.3 Å². The van der Waals surface area contributed by atoms with Crippen molar-refractivity contribution in [1.29, 1.82) is 0 Å². The molecule has 32 heavy (non-hydrogen) atoms. The molecule has 0 aromatic heterocycles. The largest absolute Gasteiger partial charge is 0.482 e. The van der Waals surface area contributed by atoms with Gasteiger partial charge in [-0.3, -0.25) is 19.7 Å². The van der Waals surface area contributed by atoms with Crippen molar-refractivity contribution < 1.29 is 28.8 Å². The van der Waals surface area contributed by atoms with Crippen LogP contribution in [-0.2, 0) is 14.3 Å². The van der Waals surface area contributed by atoms with E-state index < -0.39 is 28.7 Å². The van der Waals surface area contributed by atoms with Crippen LogP contribution in [0.25, 0.3) is 0 Å². The average Bonchev–Trinajstić information content (AvgIpc) is 2.80. The number of methoxy groups -OCH3 is 1. The van der Waals surface area contributed by atoms with Crippen LogP contribution < -0.4 is 15.4 Å². The molecule has 2 aromatic carbocycles. The molecule has 0 heterocycles. The van der Waals surface area contributed by atoms with Gasteiger partial charge in [0.25, 0.3) is 11.6 Å². The van der Waals surface area contributed by atoms with E-state index in [1.807, 2.05) is 6.26 Å². The summed E-state index contributed by atoms with van der Waals surface area (Å²) in [6.07, 6.45) is 2.25. The number of hydrogen-bond acceptors (Lipinski definition) is 8. The summed E-state index contributed by atoms with van der Waals surface area (Å²) in [6.45, 7) is -0.233. The van der Waals surface area contributed by atoms with Gasteiger partial charge in [0.1, 0.15) is 11.8 Å². The number of ether oxygens (including phenoxy) is 2. The predicted molar refractivity (Wildman–Crippen MR) is 120 cm³/mol. The first-order valence-electron chi connectivity index (χ1n) is 9.49. The number of carbonyl (C=O) groups is 3. The number of nitro groups is 1. The van der Waals surface area contributed by atoms with Gasteiger partial charge < -0.3 is 20.1 Å². The van der Waals surface area contributed by atoms with Crippen LogP contribution in [0.1, 0.15) is 16.8 Å². The fraction of sp³-hybridized carbons (Fsp3) is 0.286. The summed E-state index contributed by atoms with van der Waals surface area (Å²) >= 11 is 1.52. The highest BCUT2D eigenvalue weighted by atomic mass is 32.2. The Hall–Kier alpha value is -3.60. The van der Waals surface area contributed by atoms with Gasteiger partial charge in [-0.2, -0.15) is 11.8 Å². The molecule has 2 amide bonds. The summed E-state index contributed by atoms with van der Waals surface area (Å²) in [5, 5.41) is 16.3. The van der Waals surface area contributed by atoms with Crippen molar-refractivity contribution in [1.82, 2.24) is 5.32 Å². The topological polar surface area (TPSA) is 137 Å². The molecule has 2 rings (SSSR count). The lowest BCUT2D eigenvalue weighted by molar-refractivity contribution is -0.384. The third-order valence-electron chi connectivity index (χ3n) is 4.26. The Bertz CT molecular complexity index is 966. The molecular formula is C21H23N3O7S. The van der Waals surface area contributed by atoms with E-state index in [2.05, 4.69) is 15.4 Å². The Kier molecular flexibility index (Phi) is 9.48. The highest BCUT2D eigenvalue weighted by molar-refractivity contribution is 7.98. The second kappa shape index (κ2) is 12.3. The summed E-state index contributed by atoms with van der Waals surface area (Å²) in [5.74, 6) is -0.486. The number of amides is 2. The van der Waals surface area contributed by atoms with E-state index in [1.165, 1.54) is 37.1 Å². The van der Waals surface area contributed by atoms with Gasteiger partial charge in [-0.1, -0.05) is 6.07 Å². The Labute approximate surface area is 188 Å². The minimum atomic E-state index is -0.843. The molecule has 0 saturated heterocycles. The SMILES string of the molecule is COC(=O)COc1ccc(NC(=O)C(CCSC)NC(=O)c2cccc([N+](=O)[O-])c2)cc1. The molecule has 2 N–H and O–H groups in total. The first kappa shape index (κ1) is 24.7. The molecule has 11 heteroatoms. The second-order valence-corrected chi connectivity index (χ2v) is 7.48. The van der Waals surface area contributed by atoms with Crippen molar-refractivity contribution in [3.8, 4) is 5.75 Å². The van der Waals surface area contributed by atoms with Gasteiger partial charge in [-0.15, -0.1) is 0 Å². The fourth-order valence-electron chi connectivity index (χ4n) is 2.57. The molecule has 10 nitrogen and oxygen atoms in total. The third kappa shape index (κ3) is 7.58. The molecule has 0 aliphatic heterocycles. The van der Waals surface area contributed by atoms with Gasteiger partial charge in [0.2, 0.25) is 5.91 Å². The number of hydrogen-bond donors (Lipinski definition) is 2. The maximum Gasteiger partial charge on any atom is 0.343 e. The Morgan fingerprint density at radius 3 is 2.50 bits per heavy atom. The smallest absolute Gasteiger partial charge is 0.343 e. The number of thioether (sulfide) groups is 1. The molecule has 0 saturated carbocycles. The van der Waals surface area contributed by atoms with Gasteiger partial charge in [-0.25, -0.2) is 4.79 Å². The monoisotopic (exact) mass is 461 g/mol. The summed E-state index contributed by atoms with van der Waals surface area (Å²) in [5.41, 5.74) is 0.352. The van der Waals surface area contributed by atoms with E-state index in [4.69, 9.17) is 4.74 Å². The van der Waals surface area contributed by atoms with Crippen LogP contribution in [0.3, 0.4) is 0 Å². The van der Waals surface area contributed by atoms with Gasteiger partial charge in [0.05, 0.1) is 12.0 Å². The van der Waals surface area contributed by atoms with E-state index >= 15 is 0 Å². The van der Waals surface area contributed by atoms with Crippen LogP contribution in [0.5, 0.6) is 5.75 Å². The maximum atomic E-state index is 12.8. The summed E-state index contributed by atoms with van der Waals surface area (Å²) < 4.78 is 9.75. The first-order valence-corrected chi connectivity index (χ1v) is 10.9. The molecule has 0 fully saturated rings. The Morgan fingerprint density at radius 2 is 1.88 bits per heavy atom. The second-order valence-electron chi connectivity index (χ2n) is 6.49. The molecule has 170 valence electrons. The maximum absolute atomic E-state index is 12.8. The molecule has 0 spiro atoms. The Balaban J connectivity index is 2.04. The van der Waals surface area contributed by atoms with Crippen molar-refractivity contribution in [2.24, 2.45) is 0 Å². The van der Waals surface area contributed by atoms with Crippen LogP contribution >= 0.6 is 11.8 Å². The van der Waals surface area contributed by atoms with Crippen LogP contribution in [-0.4, -0.2) is 54.5 Å². The molecule has 0 radical (unpaired) electrons. The van der Waals surface area contributed by atoms with Crippen LogP contribution in [0.2, 0.25) is 0 Å². The number of rotatable bonds is 11. The van der Waals surface area contributed by atoms with Gasteiger partial charge in [0.15, 0.2) is 6.61 Å². The lowest BCUT2D eigenvalue weighted by Gasteiger charge is -2.18. The molecular weight excluding hydrogens is 438 g/mol. The zero-order chi connectivity index (χ0) is 23.5. The summed E-state index contributed by atoms with van der Waals surface area (Å²) in [7, 11) is 1.26. The molecule has 1 unspecified atom stereocenters. The number of nitro benzene ring substituents is 1.